The van der Waals surface area contributed by atoms with Crippen LogP contribution >= 0.6 is 0 Å². The molecule has 0 unspecified atom stereocenters. The number of aliphatic hydroxyl groups is 1. The van der Waals surface area contributed by atoms with Crippen LogP contribution in [0.25, 0.3) is 0 Å². The Morgan fingerprint density at radius 2 is 1.52 bits per heavy atom. The second-order valence-electron chi connectivity index (χ2n) is 4.55. The van der Waals surface area contributed by atoms with Gasteiger partial charge < -0.3 is 23.1 Å². The first-order chi connectivity index (χ1) is 10.9. The highest BCUT2D eigenvalue weighted by Crippen LogP contribution is 2.13. The molecule has 0 amide bonds. The number of carbonyl (C=O) groups is 2. The number of rotatable bonds is 13. The number of hydrogen-bond acceptors (Lipinski definition) is 7. The van der Waals surface area contributed by atoms with E-state index in [1.807, 2.05) is 20.8 Å². The molecule has 0 saturated carbocycles. The second kappa shape index (κ2) is 12.4. The second-order valence-corrected chi connectivity index (χ2v) is 6.96. The van der Waals surface area contributed by atoms with Crippen molar-refractivity contribution in [3.63, 3.8) is 0 Å². The van der Waals surface area contributed by atoms with Crippen molar-refractivity contribution >= 4 is 20.6 Å². The number of aliphatic hydroxyl groups excluding tert-OH is 1. The molecule has 1 atom stereocenters. The maximum atomic E-state index is 11.7. The molecule has 0 spiro atoms. The van der Waals surface area contributed by atoms with Crippen LogP contribution in [-0.2, 0) is 27.6 Å². The van der Waals surface area contributed by atoms with E-state index in [1.165, 1.54) is 6.08 Å². The summed E-state index contributed by atoms with van der Waals surface area (Å²) >= 11 is 0. The van der Waals surface area contributed by atoms with Crippen molar-refractivity contribution in [2.24, 2.45) is 0 Å². The molecule has 0 aromatic rings. The molecule has 0 heterocycles. The lowest BCUT2D eigenvalue weighted by Gasteiger charge is -2.25. The molecule has 8 heteroatoms. The molecule has 0 bridgehead atoms. The fraction of sp³-hybridized carbons (Fsp3) is 0.733. The van der Waals surface area contributed by atoms with Crippen LogP contribution in [0.1, 0.15) is 40.5 Å². The van der Waals surface area contributed by atoms with Crippen LogP contribution in [0.2, 0.25) is 0 Å². The van der Waals surface area contributed by atoms with Gasteiger partial charge in [-0.15, -0.1) is 0 Å². The lowest BCUT2D eigenvalue weighted by atomic mass is 10.1. The molecule has 0 aliphatic rings. The van der Waals surface area contributed by atoms with E-state index in [0.717, 1.165) is 0 Å². The van der Waals surface area contributed by atoms with Gasteiger partial charge in [-0.2, -0.15) is 0 Å². The minimum Gasteiger partial charge on any atom is -0.466 e. The Bertz CT molecular complexity index is 367. The topological polar surface area (TPSA) is 91.3 Å². The van der Waals surface area contributed by atoms with Gasteiger partial charge in [0, 0.05) is 26.2 Å². The van der Waals surface area contributed by atoms with Gasteiger partial charge in [-0.05, 0) is 33.4 Å². The molecule has 0 aliphatic heterocycles. The molecular weight excluding hydrogens is 320 g/mol. The molecular formula is C15H28O7Si. The fourth-order valence-corrected chi connectivity index (χ4v) is 4.05. The quantitative estimate of drug-likeness (QED) is 0.306. The van der Waals surface area contributed by atoms with Crippen LogP contribution in [0.4, 0.5) is 0 Å². The van der Waals surface area contributed by atoms with Crippen LogP contribution in [0, 0.1) is 0 Å². The summed E-state index contributed by atoms with van der Waals surface area (Å²) in [6.45, 7) is 8.60. The standard InChI is InChI=1S/C15H28O7Si/c1-5-19-15(18)12-14(17)11-13(16)9-10-23(20-6-2,21-7-3)22-8-4/h9-10,13,16H,5-8,11-12H2,1-4H3/b10-9+/t13-/m1/s1. The number of esters is 1. The molecule has 1 N–H and O–H groups in total. The van der Waals surface area contributed by atoms with E-state index in [9.17, 15) is 14.7 Å². The lowest BCUT2D eigenvalue weighted by molar-refractivity contribution is -0.145. The SMILES string of the molecule is CCOC(=O)CC(=O)C[C@H](O)/C=C/[Si](OCC)(OCC)OCC. The van der Waals surface area contributed by atoms with Crippen molar-refractivity contribution in [2.45, 2.75) is 46.6 Å². The van der Waals surface area contributed by atoms with Crippen LogP contribution in [0.3, 0.4) is 0 Å². The Balaban J connectivity index is 4.67. The van der Waals surface area contributed by atoms with Gasteiger partial charge in [-0.3, -0.25) is 9.59 Å². The predicted octanol–water partition coefficient (Wildman–Crippen LogP) is 1.40. The zero-order valence-electron chi connectivity index (χ0n) is 14.4. The van der Waals surface area contributed by atoms with E-state index >= 15 is 0 Å². The van der Waals surface area contributed by atoms with Crippen molar-refractivity contribution in [1.82, 2.24) is 0 Å². The summed E-state index contributed by atoms with van der Waals surface area (Å²) in [5, 5.41) is 9.93. The molecule has 0 radical (unpaired) electrons. The first kappa shape index (κ1) is 21.9. The summed E-state index contributed by atoms with van der Waals surface area (Å²) in [5.41, 5.74) is 1.58. The van der Waals surface area contributed by atoms with Crippen molar-refractivity contribution in [2.75, 3.05) is 26.4 Å². The molecule has 0 fully saturated rings. The average Bonchev–Trinajstić information content (AvgIpc) is 2.46. The van der Waals surface area contributed by atoms with Gasteiger partial charge in [-0.25, -0.2) is 0 Å². The number of ketones is 1. The van der Waals surface area contributed by atoms with Gasteiger partial charge >= 0.3 is 14.8 Å². The Morgan fingerprint density at radius 3 is 1.96 bits per heavy atom. The third-order valence-electron chi connectivity index (χ3n) is 2.64. The largest absolute Gasteiger partial charge is 0.529 e. The van der Waals surface area contributed by atoms with Crippen LogP contribution in [-0.4, -0.2) is 58.2 Å². The van der Waals surface area contributed by atoms with Crippen molar-refractivity contribution in [3.05, 3.63) is 11.8 Å². The normalized spacial score (nSPS) is 13.3. The molecule has 0 aromatic carbocycles. The maximum absolute atomic E-state index is 11.7. The van der Waals surface area contributed by atoms with Gasteiger partial charge in [0.1, 0.15) is 12.2 Å². The third kappa shape index (κ3) is 9.62. The Hall–Kier alpha value is -1.06. The van der Waals surface area contributed by atoms with Gasteiger partial charge in [0.05, 0.1) is 12.7 Å². The number of ether oxygens (including phenoxy) is 1. The summed E-state index contributed by atoms with van der Waals surface area (Å²) in [6, 6.07) is 0. The monoisotopic (exact) mass is 348 g/mol. The maximum Gasteiger partial charge on any atom is 0.529 e. The van der Waals surface area contributed by atoms with Gasteiger partial charge in [0.15, 0.2) is 0 Å². The molecule has 0 saturated heterocycles. The van der Waals surface area contributed by atoms with E-state index in [-0.39, 0.29) is 19.4 Å². The first-order valence-electron chi connectivity index (χ1n) is 7.89. The van der Waals surface area contributed by atoms with E-state index in [4.69, 9.17) is 18.0 Å². The number of carbonyl (C=O) groups excluding carboxylic acids is 2. The number of Topliss-reactive ketones (excluding diaryl/α,β-unsaturated/α-hetero) is 1. The molecule has 0 aliphatic carbocycles. The Morgan fingerprint density at radius 1 is 1.00 bits per heavy atom. The smallest absolute Gasteiger partial charge is 0.466 e. The third-order valence-corrected chi connectivity index (χ3v) is 5.32. The van der Waals surface area contributed by atoms with E-state index < -0.39 is 26.7 Å². The van der Waals surface area contributed by atoms with Crippen LogP contribution in [0.15, 0.2) is 11.8 Å². The highest BCUT2D eigenvalue weighted by atomic mass is 28.4. The molecule has 0 rings (SSSR count). The fourth-order valence-electron chi connectivity index (χ4n) is 1.85. The summed E-state index contributed by atoms with van der Waals surface area (Å²) in [4.78, 5) is 22.9. The molecule has 134 valence electrons. The summed E-state index contributed by atoms with van der Waals surface area (Å²) in [7, 11) is -3.00. The van der Waals surface area contributed by atoms with Crippen molar-refractivity contribution in [1.29, 1.82) is 0 Å². The molecule has 7 nitrogen and oxygen atoms in total. The van der Waals surface area contributed by atoms with E-state index in [2.05, 4.69) is 0 Å². The minimum atomic E-state index is -3.00. The highest BCUT2D eigenvalue weighted by Gasteiger charge is 2.37. The molecule has 23 heavy (non-hydrogen) atoms. The minimum absolute atomic E-state index is 0.176. The van der Waals surface area contributed by atoms with E-state index in [0.29, 0.717) is 19.8 Å². The van der Waals surface area contributed by atoms with Gasteiger partial charge in [0.2, 0.25) is 0 Å². The van der Waals surface area contributed by atoms with Crippen LogP contribution in [0.5, 0.6) is 0 Å². The molecule has 0 aromatic heterocycles. The number of hydrogen-bond donors (Lipinski definition) is 1. The summed E-state index contributed by atoms with van der Waals surface area (Å²) in [5.74, 6) is -0.979. The Labute approximate surface area is 138 Å². The van der Waals surface area contributed by atoms with Crippen LogP contribution < -0.4 is 0 Å². The van der Waals surface area contributed by atoms with Crippen molar-refractivity contribution in [3.8, 4) is 0 Å². The van der Waals surface area contributed by atoms with Gasteiger partial charge in [0.25, 0.3) is 0 Å². The zero-order chi connectivity index (χ0) is 17.7. The lowest BCUT2D eigenvalue weighted by Crippen LogP contribution is -2.44. The van der Waals surface area contributed by atoms with Crippen molar-refractivity contribution < 1.29 is 32.7 Å². The zero-order valence-corrected chi connectivity index (χ0v) is 15.4. The summed E-state index contributed by atoms with van der Waals surface area (Å²) in [6.07, 6.45) is -0.130. The Kier molecular flexibility index (Phi) is 11.8. The first-order valence-corrected chi connectivity index (χ1v) is 9.69. The summed E-state index contributed by atoms with van der Waals surface area (Å²) < 4.78 is 21.5. The van der Waals surface area contributed by atoms with Gasteiger partial charge in [-0.1, -0.05) is 6.08 Å². The average molecular weight is 348 g/mol. The van der Waals surface area contributed by atoms with E-state index in [1.54, 1.807) is 12.6 Å². The highest BCUT2D eigenvalue weighted by molar-refractivity contribution is 6.66. The predicted molar refractivity (Wildman–Crippen MR) is 86.7 cm³/mol.